The van der Waals surface area contributed by atoms with E-state index in [1.54, 1.807) is 36.5 Å². The van der Waals surface area contributed by atoms with E-state index in [9.17, 15) is 10.1 Å². The van der Waals surface area contributed by atoms with Crippen LogP contribution in [0.3, 0.4) is 0 Å². The van der Waals surface area contributed by atoms with Crippen molar-refractivity contribution in [2.45, 2.75) is 13.5 Å². The van der Waals surface area contributed by atoms with Gasteiger partial charge in [-0.15, -0.1) is 0 Å². The van der Waals surface area contributed by atoms with Crippen LogP contribution in [0.25, 0.3) is 0 Å². The Bertz CT molecular complexity index is 1100. The number of nitro groups is 1. The Morgan fingerprint density at radius 1 is 1.07 bits per heavy atom. The Labute approximate surface area is 183 Å². The zero-order valence-electron chi connectivity index (χ0n) is 16.3. The van der Waals surface area contributed by atoms with Crippen LogP contribution in [0.5, 0.6) is 11.5 Å². The number of benzene rings is 3. The van der Waals surface area contributed by atoms with E-state index in [4.69, 9.17) is 32.7 Å². The fraction of sp³-hybridized carbons (Fsp3) is 0.136. The van der Waals surface area contributed by atoms with Gasteiger partial charge in [0.15, 0.2) is 11.5 Å². The van der Waals surface area contributed by atoms with Gasteiger partial charge >= 0.3 is 0 Å². The van der Waals surface area contributed by atoms with Crippen LogP contribution in [0.1, 0.15) is 16.7 Å². The fourth-order valence-electron chi connectivity index (χ4n) is 2.63. The highest BCUT2D eigenvalue weighted by Crippen LogP contribution is 2.37. The van der Waals surface area contributed by atoms with E-state index < -0.39 is 4.92 Å². The van der Waals surface area contributed by atoms with Crippen LogP contribution in [0.2, 0.25) is 10.0 Å². The summed E-state index contributed by atoms with van der Waals surface area (Å²) in [5.74, 6) is 0.834. The van der Waals surface area contributed by atoms with E-state index in [-0.39, 0.29) is 12.3 Å². The second kappa shape index (κ2) is 9.61. The molecule has 0 fully saturated rings. The summed E-state index contributed by atoms with van der Waals surface area (Å²) in [4.78, 5) is 14.7. The Hall–Kier alpha value is -3.09. The van der Waals surface area contributed by atoms with Crippen molar-refractivity contribution < 1.29 is 14.4 Å². The van der Waals surface area contributed by atoms with E-state index in [0.717, 1.165) is 22.4 Å². The van der Waals surface area contributed by atoms with Crippen molar-refractivity contribution in [1.29, 1.82) is 0 Å². The monoisotopic (exact) mass is 444 g/mol. The van der Waals surface area contributed by atoms with E-state index in [2.05, 4.69) is 4.99 Å². The molecular formula is C22H18Cl2N2O4. The van der Waals surface area contributed by atoms with Crippen LogP contribution in [-0.2, 0) is 6.61 Å². The predicted molar refractivity (Wildman–Crippen MR) is 119 cm³/mol. The summed E-state index contributed by atoms with van der Waals surface area (Å²) in [7, 11) is 1.52. The van der Waals surface area contributed by atoms with Crippen LogP contribution in [0.15, 0.2) is 59.6 Å². The van der Waals surface area contributed by atoms with Crippen LogP contribution >= 0.6 is 23.2 Å². The minimum atomic E-state index is -0.449. The number of aliphatic imine (C=N–C) groups is 1. The molecule has 0 saturated heterocycles. The van der Waals surface area contributed by atoms with Gasteiger partial charge in [0.1, 0.15) is 6.61 Å². The van der Waals surface area contributed by atoms with Gasteiger partial charge in [0, 0.05) is 23.4 Å². The van der Waals surface area contributed by atoms with Crippen molar-refractivity contribution in [3.8, 4) is 11.5 Å². The highest BCUT2D eigenvalue weighted by Gasteiger charge is 2.12. The Balaban J connectivity index is 1.77. The maximum atomic E-state index is 10.8. The summed E-state index contributed by atoms with van der Waals surface area (Å²) >= 11 is 12.5. The van der Waals surface area contributed by atoms with E-state index in [1.807, 2.05) is 19.1 Å². The van der Waals surface area contributed by atoms with Crippen molar-refractivity contribution in [3.63, 3.8) is 0 Å². The average Bonchev–Trinajstić information content (AvgIpc) is 2.73. The van der Waals surface area contributed by atoms with Crippen molar-refractivity contribution in [3.05, 3.63) is 91.4 Å². The SMILES string of the molecule is COc1cc(C=Nc2ccc(C)c(Cl)c2)cc(Cl)c1OCc1ccc([N+](=O)[O-])cc1. The zero-order chi connectivity index (χ0) is 21.7. The maximum Gasteiger partial charge on any atom is 0.269 e. The number of aryl methyl sites for hydroxylation is 1. The molecule has 0 aliphatic carbocycles. The smallest absolute Gasteiger partial charge is 0.269 e. The number of halogens is 2. The second-order valence-electron chi connectivity index (χ2n) is 6.44. The standard InChI is InChI=1S/C22H18Cl2N2O4/c1-14-3-6-17(11-19(14)23)25-12-16-9-20(24)22(21(10-16)29-2)30-13-15-4-7-18(8-5-15)26(27)28/h3-12H,13H2,1-2H3. The highest BCUT2D eigenvalue weighted by molar-refractivity contribution is 6.32. The molecule has 0 radical (unpaired) electrons. The van der Waals surface area contributed by atoms with Gasteiger partial charge in [0.2, 0.25) is 0 Å². The lowest BCUT2D eigenvalue weighted by atomic mass is 10.2. The third kappa shape index (κ3) is 5.28. The fourth-order valence-corrected chi connectivity index (χ4v) is 3.08. The summed E-state index contributed by atoms with van der Waals surface area (Å²) in [6.07, 6.45) is 1.66. The highest BCUT2D eigenvalue weighted by atomic mass is 35.5. The molecule has 0 N–H and O–H groups in total. The molecule has 30 heavy (non-hydrogen) atoms. The van der Waals surface area contributed by atoms with Crippen LogP contribution in [-0.4, -0.2) is 18.2 Å². The largest absolute Gasteiger partial charge is 0.493 e. The van der Waals surface area contributed by atoms with Gasteiger partial charge in [-0.1, -0.05) is 29.3 Å². The molecule has 8 heteroatoms. The third-order valence-corrected chi connectivity index (χ3v) is 4.99. The van der Waals surface area contributed by atoms with Crippen LogP contribution in [0.4, 0.5) is 11.4 Å². The summed E-state index contributed by atoms with van der Waals surface area (Å²) in [5.41, 5.74) is 3.22. The van der Waals surface area contributed by atoms with Crippen LogP contribution < -0.4 is 9.47 Å². The topological polar surface area (TPSA) is 74.0 Å². The van der Waals surface area contributed by atoms with Gasteiger partial charge in [-0.2, -0.15) is 0 Å². The molecule has 0 bridgehead atoms. The van der Waals surface area contributed by atoms with Gasteiger partial charge in [0.25, 0.3) is 5.69 Å². The molecule has 0 spiro atoms. The second-order valence-corrected chi connectivity index (χ2v) is 7.25. The first-order valence-corrected chi connectivity index (χ1v) is 9.67. The molecule has 0 atom stereocenters. The molecule has 0 heterocycles. The molecule has 0 amide bonds. The first-order chi connectivity index (χ1) is 14.4. The minimum absolute atomic E-state index is 0.0212. The molecule has 6 nitrogen and oxygen atoms in total. The lowest BCUT2D eigenvalue weighted by Crippen LogP contribution is -2.00. The van der Waals surface area contributed by atoms with Gasteiger partial charge in [-0.05, 0) is 60.0 Å². The molecule has 0 unspecified atom stereocenters. The molecule has 3 aromatic carbocycles. The van der Waals surface area contributed by atoms with Crippen molar-refractivity contribution in [2.24, 2.45) is 4.99 Å². The zero-order valence-corrected chi connectivity index (χ0v) is 17.8. The van der Waals surface area contributed by atoms with Crippen molar-refractivity contribution >= 4 is 40.8 Å². The molecule has 0 aliphatic heterocycles. The molecule has 0 saturated carbocycles. The molecule has 0 aromatic heterocycles. The number of ether oxygens (including phenoxy) is 2. The summed E-state index contributed by atoms with van der Waals surface area (Å²) in [6.45, 7) is 2.11. The summed E-state index contributed by atoms with van der Waals surface area (Å²) in [6, 6.07) is 15.1. The van der Waals surface area contributed by atoms with E-state index >= 15 is 0 Å². The van der Waals surface area contributed by atoms with Crippen molar-refractivity contribution in [1.82, 2.24) is 0 Å². The Morgan fingerprint density at radius 3 is 2.43 bits per heavy atom. The summed E-state index contributed by atoms with van der Waals surface area (Å²) < 4.78 is 11.2. The molecule has 154 valence electrons. The van der Waals surface area contributed by atoms with E-state index in [1.165, 1.54) is 19.2 Å². The maximum absolute atomic E-state index is 10.8. The average molecular weight is 445 g/mol. The summed E-state index contributed by atoms with van der Waals surface area (Å²) in [5, 5.41) is 11.8. The predicted octanol–water partition coefficient (Wildman–Crippen LogP) is 6.55. The van der Waals surface area contributed by atoms with Crippen LogP contribution in [0, 0.1) is 17.0 Å². The van der Waals surface area contributed by atoms with Gasteiger partial charge in [0.05, 0.1) is 22.7 Å². The first kappa shape index (κ1) is 21.6. The van der Waals surface area contributed by atoms with Gasteiger partial charge in [-0.25, -0.2) is 0 Å². The minimum Gasteiger partial charge on any atom is -0.493 e. The Morgan fingerprint density at radius 2 is 1.80 bits per heavy atom. The molecule has 3 aromatic rings. The first-order valence-electron chi connectivity index (χ1n) is 8.91. The number of methoxy groups -OCH3 is 1. The van der Waals surface area contributed by atoms with Gasteiger partial charge < -0.3 is 9.47 Å². The normalized spacial score (nSPS) is 10.9. The number of non-ortho nitro benzene ring substituents is 1. The number of rotatable bonds is 7. The van der Waals surface area contributed by atoms with Gasteiger partial charge in [-0.3, -0.25) is 15.1 Å². The number of nitro benzene ring substituents is 1. The number of nitrogens with zero attached hydrogens (tertiary/aromatic N) is 2. The lowest BCUT2D eigenvalue weighted by molar-refractivity contribution is -0.384. The number of hydrogen-bond donors (Lipinski definition) is 0. The molecule has 0 aliphatic rings. The quantitative estimate of drug-likeness (QED) is 0.235. The Kier molecular flexibility index (Phi) is 6.92. The number of hydrogen-bond acceptors (Lipinski definition) is 5. The van der Waals surface area contributed by atoms with Crippen molar-refractivity contribution in [2.75, 3.05) is 7.11 Å². The molecule has 3 rings (SSSR count). The molecular weight excluding hydrogens is 427 g/mol. The third-order valence-electron chi connectivity index (χ3n) is 4.30. The van der Waals surface area contributed by atoms with E-state index in [0.29, 0.717) is 21.5 Å². The lowest BCUT2D eigenvalue weighted by Gasteiger charge is -2.13.